The number of Topliss-reactive ketones (excluding diaryl/α,β-unsaturated/α-hetero) is 1. The lowest BCUT2D eigenvalue weighted by molar-refractivity contribution is -0.124. The number of nitrogens with zero attached hydrogens (tertiary/aromatic N) is 2. The molecule has 1 heterocycles. The highest BCUT2D eigenvalue weighted by Crippen LogP contribution is 2.34. The number of carbonyl (C=O) groups excluding carboxylic acids is 1. The van der Waals surface area contributed by atoms with Gasteiger partial charge in [0, 0.05) is 31.1 Å². The van der Waals surface area contributed by atoms with Crippen molar-refractivity contribution in [2.24, 2.45) is 11.3 Å². The number of rotatable bonds is 9. The summed E-state index contributed by atoms with van der Waals surface area (Å²) in [4.78, 5) is 14.7. The van der Waals surface area contributed by atoms with E-state index in [9.17, 15) is 4.79 Å². The van der Waals surface area contributed by atoms with Gasteiger partial charge < -0.3 is 9.64 Å². The van der Waals surface area contributed by atoms with E-state index in [-0.39, 0.29) is 11.7 Å². The van der Waals surface area contributed by atoms with E-state index in [0.717, 1.165) is 36.9 Å². The summed E-state index contributed by atoms with van der Waals surface area (Å²) in [6, 6.07) is 19.3. The second-order valence-corrected chi connectivity index (χ2v) is 9.78. The first kappa shape index (κ1) is 21.4. The Morgan fingerprint density at radius 1 is 1.13 bits per heavy atom. The molecule has 1 saturated heterocycles. The van der Waals surface area contributed by atoms with Gasteiger partial charge in [0.25, 0.3) is 0 Å². The second-order valence-electron chi connectivity index (χ2n) is 9.78. The second kappa shape index (κ2) is 8.75. The molecule has 2 fully saturated rings. The Labute approximate surface area is 185 Å². The first-order chi connectivity index (χ1) is 14.9. The fourth-order valence-corrected chi connectivity index (χ4v) is 3.96. The molecule has 0 bridgehead atoms. The lowest BCUT2D eigenvalue weighted by atomic mass is 9.82. The van der Waals surface area contributed by atoms with Gasteiger partial charge in [-0.15, -0.1) is 0 Å². The predicted molar refractivity (Wildman–Crippen MR) is 123 cm³/mol. The molecule has 2 aromatic carbocycles. The molecule has 4 heteroatoms. The molecule has 0 N–H and O–H groups in total. The van der Waals surface area contributed by atoms with Crippen LogP contribution in [0.25, 0.3) is 0 Å². The average molecular weight is 417 g/mol. The van der Waals surface area contributed by atoms with E-state index in [1.54, 1.807) is 13.8 Å². The number of hydrogen-bond donors (Lipinski definition) is 0. The SMILES string of the molecule is C[C@H](CC(=O)C(C)(C)C#N)c1ccc(C2CN(c3ccc(OCC4CC4)cc3)C2)cc1. The van der Waals surface area contributed by atoms with Crippen LogP contribution in [0.15, 0.2) is 48.5 Å². The molecule has 162 valence electrons. The van der Waals surface area contributed by atoms with Crippen molar-refractivity contribution in [1.82, 2.24) is 0 Å². The minimum absolute atomic E-state index is 0.00479. The third-order valence-electron chi connectivity index (χ3n) is 6.71. The van der Waals surface area contributed by atoms with Crippen LogP contribution in [0.3, 0.4) is 0 Å². The molecule has 1 saturated carbocycles. The third kappa shape index (κ3) is 5.10. The molecule has 1 aliphatic heterocycles. The van der Waals surface area contributed by atoms with Crippen molar-refractivity contribution >= 4 is 11.5 Å². The number of hydrogen-bond acceptors (Lipinski definition) is 4. The van der Waals surface area contributed by atoms with E-state index < -0.39 is 5.41 Å². The van der Waals surface area contributed by atoms with Crippen molar-refractivity contribution in [1.29, 1.82) is 5.26 Å². The number of benzene rings is 2. The minimum Gasteiger partial charge on any atom is -0.493 e. The van der Waals surface area contributed by atoms with Gasteiger partial charge in [-0.25, -0.2) is 0 Å². The van der Waals surface area contributed by atoms with E-state index in [2.05, 4.69) is 66.4 Å². The van der Waals surface area contributed by atoms with Crippen LogP contribution in [0.1, 0.15) is 63.0 Å². The molecule has 31 heavy (non-hydrogen) atoms. The van der Waals surface area contributed by atoms with Crippen LogP contribution in [0, 0.1) is 22.7 Å². The van der Waals surface area contributed by atoms with Crippen LogP contribution in [-0.4, -0.2) is 25.5 Å². The van der Waals surface area contributed by atoms with Crippen molar-refractivity contribution < 1.29 is 9.53 Å². The number of ether oxygens (including phenoxy) is 1. The molecule has 4 rings (SSSR count). The zero-order valence-corrected chi connectivity index (χ0v) is 18.8. The van der Waals surface area contributed by atoms with Crippen molar-refractivity contribution in [2.45, 2.75) is 51.9 Å². The fraction of sp³-hybridized carbons (Fsp3) is 0.481. The highest BCUT2D eigenvalue weighted by Gasteiger charge is 2.30. The van der Waals surface area contributed by atoms with E-state index in [1.807, 2.05) is 0 Å². The van der Waals surface area contributed by atoms with Crippen LogP contribution in [-0.2, 0) is 4.79 Å². The summed E-state index contributed by atoms with van der Waals surface area (Å²) in [7, 11) is 0. The summed E-state index contributed by atoms with van der Waals surface area (Å²) in [5, 5.41) is 9.16. The maximum absolute atomic E-state index is 12.3. The maximum Gasteiger partial charge on any atom is 0.153 e. The molecular weight excluding hydrogens is 384 g/mol. The molecule has 2 aliphatic rings. The average Bonchev–Trinajstić information content (AvgIpc) is 3.57. The van der Waals surface area contributed by atoms with Crippen LogP contribution < -0.4 is 9.64 Å². The van der Waals surface area contributed by atoms with E-state index in [0.29, 0.717) is 12.3 Å². The number of nitriles is 1. The first-order valence-electron chi connectivity index (χ1n) is 11.4. The summed E-state index contributed by atoms with van der Waals surface area (Å²) in [5.74, 6) is 2.40. The Morgan fingerprint density at radius 3 is 2.35 bits per heavy atom. The fourth-order valence-electron chi connectivity index (χ4n) is 3.96. The van der Waals surface area contributed by atoms with Crippen molar-refractivity contribution in [3.05, 3.63) is 59.7 Å². The third-order valence-corrected chi connectivity index (χ3v) is 6.71. The molecule has 4 nitrogen and oxygen atoms in total. The number of carbonyl (C=O) groups is 1. The topological polar surface area (TPSA) is 53.3 Å². The Balaban J connectivity index is 1.28. The molecule has 0 unspecified atom stereocenters. The predicted octanol–water partition coefficient (Wildman–Crippen LogP) is 5.69. The van der Waals surface area contributed by atoms with Gasteiger partial charge in [0.15, 0.2) is 5.78 Å². The standard InChI is InChI=1S/C27H32N2O2/c1-19(14-26(30)27(2,3)18-28)21-6-8-22(9-7-21)23-15-29(16-23)24-10-12-25(13-11-24)31-17-20-4-5-20/h6-13,19-20,23H,4-5,14-17H2,1-3H3/t19-/m1/s1. The largest absolute Gasteiger partial charge is 0.493 e. The monoisotopic (exact) mass is 416 g/mol. The molecule has 1 atom stereocenters. The lowest BCUT2D eigenvalue weighted by Crippen LogP contribution is -2.45. The van der Waals surface area contributed by atoms with Gasteiger partial charge >= 0.3 is 0 Å². The summed E-state index contributed by atoms with van der Waals surface area (Å²) in [6.45, 7) is 8.34. The Kier molecular flexibility index (Phi) is 6.05. The van der Waals surface area contributed by atoms with Crippen LogP contribution in [0.4, 0.5) is 5.69 Å². The van der Waals surface area contributed by atoms with Crippen molar-refractivity contribution in [3.63, 3.8) is 0 Å². The first-order valence-corrected chi connectivity index (χ1v) is 11.4. The maximum atomic E-state index is 12.3. The normalized spacial score (nSPS) is 17.5. The summed E-state index contributed by atoms with van der Waals surface area (Å²) < 4.78 is 5.83. The Hall–Kier alpha value is -2.80. The van der Waals surface area contributed by atoms with Gasteiger partial charge in [0.05, 0.1) is 12.7 Å². The Bertz CT molecular complexity index is 946. The smallest absolute Gasteiger partial charge is 0.153 e. The number of anilines is 1. The van der Waals surface area contributed by atoms with Crippen molar-refractivity contribution in [2.75, 3.05) is 24.6 Å². The van der Waals surface area contributed by atoms with E-state index in [4.69, 9.17) is 10.00 Å². The molecule has 0 aromatic heterocycles. The quantitative estimate of drug-likeness (QED) is 0.527. The molecule has 0 amide bonds. The van der Waals surface area contributed by atoms with Gasteiger partial charge in [-0.3, -0.25) is 4.79 Å². The molecule has 0 spiro atoms. The molecule has 1 aliphatic carbocycles. The molecule has 0 radical (unpaired) electrons. The van der Waals surface area contributed by atoms with Gasteiger partial charge in [-0.05, 0) is 73.9 Å². The van der Waals surface area contributed by atoms with Gasteiger partial charge in [-0.2, -0.15) is 5.26 Å². The summed E-state index contributed by atoms with van der Waals surface area (Å²) in [6.07, 6.45) is 3.02. The van der Waals surface area contributed by atoms with Crippen LogP contribution in [0.5, 0.6) is 5.75 Å². The van der Waals surface area contributed by atoms with Gasteiger partial charge in [0.1, 0.15) is 11.2 Å². The zero-order valence-electron chi connectivity index (χ0n) is 18.8. The van der Waals surface area contributed by atoms with E-state index in [1.165, 1.54) is 24.1 Å². The lowest BCUT2D eigenvalue weighted by Gasteiger charge is -2.41. The van der Waals surface area contributed by atoms with Crippen LogP contribution in [0.2, 0.25) is 0 Å². The highest BCUT2D eigenvalue weighted by atomic mass is 16.5. The van der Waals surface area contributed by atoms with Crippen LogP contribution >= 0.6 is 0 Å². The molecular formula is C27H32N2O2. The van der Waals surface area contributed by atoms with E-state index >= 15 is 0 Å². The molecule has 2 aromatic rings. The Morgan fingerprint density at radius 2 is 1.77 bits per heavy atom. The minimum atomic E-state index is -0.912. The highest BCUT2D eigenvalue weighted by molar-refractivity contribution is 5.87. The van der Waals surface area contributed by atoms with Gasteiger partial charge in [0.2, 0.25) is 0 Å². The zero-order chi connectivity index (χ0) is 22.0. The van der Waals surface area contributed by atoms with Crippen molar-refractivity contribution in [3.8, 4) is 11.8 Å². The van der Waals surface area contributed by atoms with Gasteiger partial charge in [-0.1, -0.05) is 31.2 Å². The number of ketones is 1. The summed E-state index contributed by atoms with van der Waals surface area (Å²) in [5.41, 5.74) is 2.84. The summed E-state index contributed by atoms with van der Waals surface area (Å²) >= 11 is 0.